The molecule has 16 heavy (non-hydrogen) atoms. The third-order valence-electron chi connectivity index (χ3n) is 2.06. The molecule has 0 aliphatic heterocycles. The summed E-state index contributed by atoms with van der Waals surface area (Å²) in [7, 11) is 1.64. The van der Waals surface area contributed by atoms with Gasteiger partial charge >= 0.3 is 0 Å². The minimum Gasteiger partial charge on any atom is -0.497 e. The average Bonchev–Trinajstić information content (AvgIpc) is 2.29. The summed E-state index contributed by atoms with van der Waals surface area (Å²) in [4.78, 5) is 4.15. The highest BCUT2D eigenvalue weighted by molar-refractivity contribution is 6.30. The van der Waals surface area contributed by atoms with Crippen LogP contribution in [0.4, 0.5) is 11.5 Å². The van der Waals surface area contributed by atoms with Gasteiger partial charge in [0.1, 0.15) is 11.6 Å². The van der Waals surface area contributed by atoms with Gasteiger partial charge in [0.25, 0.3) is 0 Å². The second-order valence-corrected chi connectivity index (χ2v) is 3.65. The Morgan fingerprint density at radius 1 is 1.25 bits per heavy atom. The molecule has 0 spiro atoms. The van der Waals surface area contributed by atoms with E-state index in [1.807, 2.05) is 24.3 Å². The lowest BCUT2D eigenvalue weighted by Crippen LogP contribution is -1.93. The second kappa shape index (κ2) is 4.86. The molecule has 0 bridgehead atoms. The predicted octanol–water partition coefficient (Wildman–Crippen LogP) is 3.49. The molecule has 3 nitrogen and oxygen atoms in total. The van der Waals surface area contributed by atoms with E-state index in [4.69, 9.17) is 16.3 Å². The minimum atomic E-state index is 0.653. The zero-order chi connectivity index (χ0) is 11.4. The first kappa shape index (κ1) is 10.8. The van der Waals surface area contributed by atoms with Crippen molar-refractivity contribution in [3.8, 4) is 5.75 Å². The fourth-order valence-corrected chi connectivity index (χ4v) is 1.48. The molecule has 0 saturated carbocycles. The Morgan fingerprint density at radius 2 is 2.12 bits per heavy atom. The van der Waals surface area contributed by atoms with Crippen molar-refractivity contribution < 1.29 is 4.74 Å². The molecule has 0 unspecified atom stereocenters. The molecule has 0 atom stereocenters. The zero-order valence-electron chi connectivity index (χ0n) is 8.77. The van der Waals surface area contributed by atoms with Crippen molar-refractivity contribution in [2.75, 3.05) is 12.4 Å². The third kappa shape index (κ3) is 2.64. The maximum atomic E-state index is 5.86. The highest BCUT2D eigenvalue weighted by Gasteiger charge is 1.98. The third-order valence-corrected chi connectivity index (χ3v) is 2.30. The fourth-order valence-electron chi connectivity index (χ4n) is 1.32. The summed E-state index contributed by atoms with van der Waals surface area (Å²) < 4.78 is 5.13. The fraction of sp³-hybridized carbons (Fsp3) is 0.0833. The number of nitrogens with zero attached hydrogens (tertiary/aromatic N) is 1. The summed E-state index contributed by atoms with van der Waals surface area (Å²) in [5, 5.41) is 3.80. The van der Waals surface area contributed by atoms with Crippen LogP contribution in [-0.2, 0) is 0 Å². The first-order chi connectivity index (χ1) is 7.78. The Hall–Kier alpha value is -1.74. The molecule has 2 aromatic rings. The normalized spacial score (nSPS) is 9.88. The van der Waals surface area contributed by atoms with Gasteiger partial charge < -0.3 is 10.1 Å². The van der Waals surface area contributed by atoms with Crippen molar-refractivity contribution in [1.29, 1.82) is 0 Å². The van der Waals surface area contributed by atoms with E-state index >= 15 is 0 Å². The van der Waals surface area contributed by atoms with Crippen LogP contribution >= 0.6 is 11.6 Å². The molecule has 1 aromatic carbocycles. The van der Waals surface area contributed by atoms with Crippen LogP contribution in [0.15, 0.2) is 42.6 Å². The molecule has 0 aliphatic rings. The van der Waals surface area contributed by atoms with E-state index in [-0.39, 0.29) is 0 Å². The first-order valence-corrected chi connectivity index (χ1v) is 5.18. The number of halogens is 1. The lowest BCUT2D eigenvalue weighted by molar-refractivity contribution is 0.415. The van der Waals surface area contributed by atoms with Gasteiger partial charge in [-0.25, -0.2) is 4.98 Å². The summed E-state index contributed by atoms with van der Waals surface area (Å²) in [6.45, 7) is 0. The Kier molecular flexibility index (Phi) is 3.27. The Labute approximate surface area is 99.0 Å². The summed E-state index contributed by atoms with van der Waals surface area (Å²) in [5.74, 6) is 1.51. The number of nitrogens with one attached hydrogen (secondary N) is 1. The Balaban J connectivity index is 2.20. The first-order valence-electron chi connectivity index (χ1n) is 4.80. The van der Waals surface area contributed by atoms with Crippen LogP contribution in [0, 0.1) is 0 Å². The quantitative estimate of drug-likeness (QED) is 0.883. The van der Waals surface area contributed by atoms with Gasteiger partial charge in [0.15, 0.2) is 0 Å². The molecule has 1 N–H and O–H groups in total. The zero-order valence-corrected chi connectivity index (χ0v) is 9.53. The van der Waals surface area contributed by atoms with E-state index in [0.717, 1.165) is 11.4 Å². The van der Waals surface area contributed by atoms with Crippen LogP contribution in [0.5, 0.6) is 5.75 Å². The van der Waals surface area contributed by atoms with Crippen LogP contribution in [0.25, 0.3) is 0 Å². The molecule has 2 rings (SSSR count). The highest BCUT2D eigenvalue weighted by Crippen LogP contribution is 2.21. The largest absolute Gasteiger partial charge is 0.497 e. The van der Waals surface area contributed by atoms with Gasteiger partial charge in [-0.05, 0) is 24.3 Å². The van der Waals surface area contributed by atoms with Crippen molar-refractivity contribution in [1.82, 2.24) is 4.98 Å². The smallest absolute Gasteiger partial charge is 0.131 e. The van der Waals surface area contributed by atoms with Crippen LogP contribution in [0.1, 0.15) is 0 Å². The summed E-state index contributed by atoms with van der Waals surface area (Å²) >= 11 is 5.86. The van der Waals surface area contributed by atoms with Crippen LogP contribution in [0.3, 0.4) is 0 Å². The number of rotatable bonds is 3. The summed E-state index contributed by atoms with van der Waals surface area (Å²) in [6, 6.07) is 11.1. The number of methoxy groups -OCH3 is 1. The van der Waals surface area contributed by atoms with Gasteiger partial charge in [-0.2, -0.15) is 0 Å². The number of aromatic nitrogens is 1. The topological polar surface area (TPSA) is 34.1 Å². The molecule has 0 amide bonds. The Bertz CT molecular complexity index is 488. The van der Waals surface area contributed by atoms with E-state index in [0.29, 0.717) is 10.8 Å². The van der Waals surface area contributed by atoms with Crippen molar-refractivity contribution in [2.24, 2.45) is 0 Å². The number of benzene rings is 1. The maximum Gasteiger partial charge on any atom is 0.131 e. The van der Waals surface area contributed by atoms with E-state index < -0.39 is 0 Å². The minimum absolute atomic E-state index is 0.653. The second-order valence-electron chi connectivity index (χ2n) is 3.22. The van der Waals surface area contributed by atoms with Crippen molar-refractivity contribution in [3.05, 3.63) is 47.6 Å². The van der Waals surface area contributed by atoms with Gasteiger partial charge in [0, 0.05) is 23.0 Å². The van der Waals surface area contributed by atoms with Crippen LogP contribution in [-0.4, -0.2) is 12.1 Å². The molecule has 0 fully saturated rings. The molecule has 0 saturated heterocycles. The van der Waals surface area contributed by atoms with Gasteiger partial charge in [0.2, 0.25) is 0 Å². The summed E-state index contributed by atoms with van der Waals surface area (Å²) in [6.07, 6.45) is 1.66. The average molecular weight is 235 g/mol. The highest BCUT2D eigenvalue weighted by atomic mass is 35.5. The monoisotopic (exact) mass is 234 g/mol. The van der Waals surface area contributed by atoms with E-state index in [1.165, 1.54) is 0 Å². The van der Waals surface area contributed by atoms with E-state index in [9.17, 15) is 0 Å². The van der Waals surface area contributed by atoms with Crippen LogP contribution < -0.4 is 10.1 Å². The van der Waals surface area contributed by atoms with Gasteiger partial charge in [-0.1, -0.05) is 17.7 Å². The molecule has 82 valence electrons. The number of hydrogen-bond acceptors (Lipinski definition) is 3. The van der Waals surface area contributed by atoms with Gasteiger partial charge in [-0.15, -0.1) is 0 Å². The van der Waals surface area contributed by atoms with Crippen molar-refractivity contribution in [3.63, 3.8) is 0 Å². The predicted molar refractivity (Wildman–Crippen MR) is 65.5 cm³/mol. The molecule has 1 aromatic heterocycles. The lowest BCUT2D eigenvalue weighted by atomic mass is 10.3. The Morgan fingerprint density at radius 3 is 2.88 bits per heavy atom. The molecule has 1 heterocycles. The van der Waals surface area contributed by atoms with Crippen molar-refractivity contribution in [2.45, 2.75) is 0 Å². The van der Waals surface area contributed by atoms with E-state index in [2.05, 4.69) is 10.3 Å². The molecule has 0 aliphatic carbocycles. The SMILES string of the molecule is COc1cccc(Nc2cc(Cl)ccn2)c1. The van der Waals surface area contributed by atoms with Crippen LogP contribution in [0.2, 0.25) is 5.02 Å². The number of anilines is 2. The van der Waals surface area contributed by atoms with Gasteiger partial charge in [0.05, 0.1) is 7.11 Å². The van der Waals surface area contributed by atoms with E-state index in [1.54, 1.807) is 25.4 Å². The molecule has 0 radical (unpaired) electrons. The summed E-state index contributed by atoms with van der Waals surface area (Å²) in [5.41, 5.74) is 0.911. The number of hydrogen-bond donors (Lipinski definition) is 1. The van der Waals surface area contributed by atoms with Crippen molar-refractivity contribution >= 4 is 23.1 Å². The molecular formula is C12H11ClN2O. The molecule has 4 heteroatoms. The number of ether oxygens (including phenoxy) is 1. The lowest BCUT2D eigenvalue weighted by Gasteiger charge is -2.07. The maximum absolute atomic E-state index is 5.86. The number of pyridine rings is 1. The molecular weight excluding hydrogens is 224 g/mol. The standard InChI is InChI=1S/C12H11ClN2O/c1-16-11-4-2-3-10(8-11)15-12-7-9(13)5-6-14-12/h2-8H,1H3,(H,14,15). The van der Waals surface area contributed by atoms with Gasteiger partial charge in [-0.3, -0.25) is 0 Å².